The van der Waals surface area contributed by atoms with E-state index in [0.717, 1.165) is 16.5 Å². The monoisotopic (exact) mass is 192 g/mol. The number of hydrogen-bond donors (Lipinski definition) is 1. The van der Waals surface area contributed by atoms with Crippen molar-refractivity contribution in [2.45, 2.75) is 6.92 Å². The maximum atomic E-state index is 5.85. The summed E-state index contributed by atoms with van der Waals surface area (Å²) >= 11 is 5.85. The van der Waals surface area contributed by atoms with Gasteiger partial charge >= 0.3 is 0 Å². The summed E-state index contributed by atoms with van der Waals surface area (Å²) in [6.07, 6.45) is 1.58. The molecule has 3 heteroatoms. The van der Waals surface area contributed by atoms with E-state index >= 15 is 0 Å². The molecule has 0 aliphatic carbocycles. The maximum absolute atomic E-state index is 5.85. The van der Waals surface area contributed by atoms with E-state index in [1.165, 1.54) is 0 Å². The predicted octanol–water partition coefficient (Wildman–Crippen LogP) is 2.78. The van der Waals surface area contributed by atoms with Crippen LogP contribution in [0.2, 0.25) is 5.02 Å². The van der Waals surface area contributed by atoms with Crippen LogP contribution in [0.4, 0.5) is 5.69 Å². The van der Waals surface area contributed by atoms with E-state index in [4.69, 9.17) is 17.3 Å². The molecule has 2 aromatic rings. The molecule has 0 atom stereocenters. The number of pyridine rings is 1. The van der Waals surface area contributed by atoms with Crippen molar-refractivity contribution in [3.05, 3.63) is 35.0 Å². The number of rotatable bonds is 0. The number of aromatic nitrogens is 1. The van der Waals surface area contributed by atoms with Gasteiger partial charge < -0.3 is 5.73 Å². The number of anilines is 1. The van der Waals surface area contributed by atoms with E-state index in [9.17, 15) is 0 Å². The Kier molecular flexibility index (Phi) is 1.85. The molecule has 0 aliphatic heterocycles. The lowest BCUT2D eigenvalue weighted by Gasteiger charge is -2.03. The first kappa shape index (κ1) is 8.32. The fourth-order valence-corrected chi connectivity index (χ4v) is 1.45. The first-order chi connectivity index (χ1) is 6.18. The van der Waals surface area contributed by atoms with Crippen LogP contribution in [0.1, 0.15) is 5.56 Å². The van der Waals surface area contributed by atoms with Crippen LogP contribution >= 0.6 is 11.6 Å². The van der Waals surface area contributed by atoms with Crippen molar-refractivity contribution in [3.8, 4) is 0 Å². The number of halogens is 1. The maximum Gasteiger partial charge on any atom is 0.0825 e. The normalized spacial score (nSPS) is 10.6. The zero-order valence-corrected chi connectivity index (χ0v) is 7.97. The van der Waals surface area contributed by atoms with Crippen LogP contribution in [0.5, 0.6) is 0 Å². The third-order valence-corrected chi connectivity index (χ3v) is 2.32. The van der Waals surface area contributed by atoms with Gasteiger partial charge in [0.15, 0.2) is 0 Å². The Morgan fingerprint density at radius 3 is 2.92 bits per heavy atom. The molecule has 0 spiro atoms. The molecule has 1 aromatic carbocycles. The van der Waals surface area contributed by atoms with Crippen molar-refractivity contribution in [1.29, 1.82) is 0 Å². The molecule has 2 rings (SSSR count). The molecule has 2 nitrogen and oxygen atoms in total. The molecule has 0 amide bonds. The summed E-state index contributed by atoms with van der Waals surface area (Å²) in [5, 5.41) is 1.44. The van der Waals surface area contributed by atoms with Crippen molar-refractivity contribution < 1.29 is 0 Å². The van der Waals surface area contributed by atoms with Gasteiger partial charge in [-0.05, 0) is 19.1 Å². The average molecular weight is 193 g/mol. The second kappa shape index (κ2) is 2.89. The third kappa shape index (κ3) is 1.33. The number of nitrogens with two attached hydrogens (primary N) is 1. The van der Waals surface area contributed by atoms with Crippen molar-refractivity contribution in [2.24, 2.45) is 0 Å². The molecule has 66 valence electrons. The lowest BCUT2D eigenvalue weighted by Crippen LogP contribution is -1.90. The molecular formula is C10H9ClN2. The molecule has 2 N–H and O–H groups in total. The van der Waals surface area contributed by atoms with Crippen LogP contribution in [-0.2, 0) is 0 Å². The highest BCUT2D eigenvalue weighted by atomic mass is 35.5. The summed E-state index contributed by atoms with van der Waals surface area (Å²) in [5.74, 6) is 0. The summed E-state index contributed by atoms with van der Waals surface area (Å²) < 4.78 is 0. The van der Waals surface area contributed by atoms with E-state index in [1.54, 1.807) is 6.20 Å². The SMILES string of the molecule is Cc1ccc2ncc(Cl)c(N)c2c1. The Morgan fingerprint density at radius 2 is 2.15 bits per heavy atom. The van der Waals surface area contributed by atoms with Crippen LogP contribution in [0, 0.1) is 6.92 Å². The largest absolute Gasteiger partial charge is 0.397 e. The molecule has 0 saturated heterocycles. The van der Waals surface area contributed by atoms with E-state index in [0.29, 0.717) is 10.7 Å². The molecule has 0 saturated carbocycles. The molecule has 13 heavy (non-hydrogen) atoms. The minimum Gasteiger partial charge on any atom is -0.397 e. The molecule has 0 aliphatic rings. The Bertz CT molecular complexity index is 460. The van der Waals surface area contributed by atoms with Gasteiger partial charge in [0, 0.05) is 11.6 Å². The number of nitrogen functional groups attached to an aromatic ring is 1. The van der Waals surface area contributed by atoms with Gasteiger partial charge in [-0.3, -0.25) is 4.98 Å². The van der Waals surface area contributed by atoms with Gasteiger partial charge in [-0.2, -0.15) is 0 Å². The van der Waals surface area contributed by atoms with Gasteiger partial charge in [0.25, 0.3) is 0 Å². The number of fused-ring (bicyclic) bond motifs is 1. The minimum absolute atomic E-state index is 0.512. The van der Waals surface area contributed by atoms with Crippen LogP contribution in [-0.4, -0.2) is 4.98 Å². The van der Waals surface area contributed by atoms with Gasteiger partial charge in [0.05, 0.1) is 16.2 Å². The molecule has 0 bridgehead atoms. The van der Waals surface area contributed by atoms with E-state index in [2.05, 4.69) is 4.98 Å². The van der Waals surface area contributed by atoms with E-state index < -0.39 is 0 Å². The van der Waals surface area contributed by atoms with Gasteiger partial charge in [-0.15, -0.1) is 0 Å². The van der Waals surface area contributed by atoms with Gasteiger partial charge in [0.2, 0.25) is 0 Å². The highest BCUT2D eigenvalue weighted by Gasteiger charge is 2.02. The molecular weight excluding hydrogens is 184 g/mol. The first-order valence-corrected chi connectivity index (χ1v) is 4.36. The number of nitrogens with zero attached hydrogens (tertiary/aromatic N) is 1. The lowest BCUT2D eigenvalue weighted by molar-refractivity contribution is 1.39. The van der Waals surface area contributed by atoms with Crippen molar-refractivity contribution in [3.63, 3.8) is 0 Å². The summed E-state index contributed by atoms with van der Waals surface area (Å²) in [6.45, 7) is 2.01. The molecule has 1 aromatic heterocycles. The van der Waals surface area contributed by atoms with Crippen LogP contribution < -0.4 is 5.73 Å². The lowest BCUT2D eigenvalue weighted by atomic mass is 10.1. The third-order valence-electron chi connectivity index (χ3n) is 2.02. The minimum atomic E-state index is 0.512. The van der Waals surface area contributed by atoms with Crippen LogP contribution in [0.25, 0.3) is 10.9 Å². The second-order valence-corrected chi connectivity index (χ2v) is 3.45. The number of benzene rings is 1. The summed E-state index contributed by atoms with van der Waals surface area (Å²) in [4.78, 5) is 4.17. The summed E-state index contributed by atoms with van der Waals surface area (Å²) in [6, 6.07) is 5.93. The Labute approximate surface area is 81.3 Å². The second-order valence-electron chi connectivity index (χ2n) is 3.04. The molecule has 1 heterocycles. The Hall–Kier alpha value is -1.28. The fraction of sp³-hybridized carbons (Fsp3) is 0.100. The first-order valence-electron chi connectivity index (χ1n) is 3.99. The zero-order chi connectivity index (χ0) is 9.42. The number of hydrogen-bond acceptors (Lipinski definition) is 2. The molecule has 0 fully saturated rings. The zero-order valence-electron chi connectivity index (χ0n) is 7.21. The fourth-order valence-electron chi connectivity index (χ4n) is 1.30. The van der Waals surface area contributed by atoms with Gasteiger partial charge in [-0.1, -0.05) is 23.2 Å². The van der Waals surface area contributed by atoms with Crippen molar-refractivity contribution in [1.82, 2.24) is 4.98 Å². The highest BCUT2D eigenvalue weighted by molar-refractivity contribution is 6.34. The molecule has 0 radical (unpaired) electrons. The summed E-state index contributed by atoms with van der Waals surface area (Å²) in [5.41, 5.74) is 8.46. The Morgan fingerprint density at radius 1 is 1.38 bits per heavy atom. The van der Waals surface area contributed by atoms with Crippen LogP contribution in [0.15, 0.2) is 24.4 Å². The number of aryl methyl sites for hydroxylation is 1. The van der Waals surface area contributed by atoms with E-state index in [-0.39, 0.29) is 0 Å². The quantitative estimate of drug-likeness (QED) is 0.697. The van der Waals surface area contributed by atoms with Crippen LogP contribution in [0.3, 0.4) is 0 Å². The van der Waals surface area contributed by atoms with Gasteiger partial charge in [-0.25, -0.2) is 0 Å². The van der Waals surface area contributed by atoms with Gasteiger partial charge in [0.1, 0.15) is 0 Å². The predicted molar refractivity (Wildman–Crippen MR) is 55.9 cm³/mol. The topological polar surface area (TPSA) is 38.9 Å². The Balaban J connectivity index is 2.89. The summed E-state index contributed by atoms with van der Waals surface area (Å²) in [7, 11) is 0. The van der Waals surface area contributed by atoms with Crippen molar-refractivity contribution in [2.75, 3.05) is 5.73 Å². The highest BCUT2D eigenvalue weighted by Crippen LogP contribution is 2.26. The average Bonchev–Trinajstić information content (AvgIpc) is 2.12. The molecule has 0 unspecified atom stereocenters. The van der Waals surface area contributed by atoms with Crippen molar-refractivity contribution >= 4 is 28.2 Å². The van der Waals surface area contributed by atoms with E-state index in [1.807, 2.05) is 25.1 Å². The smallest absolute Gasteiger partial charge is 0.0825 e. The standard InChI is InChI=1S/C10H9ClN2/c1-6-2-3-9-7(4-6)10(12)8(11)5-13-9/h2-5H,1H3,(H2,12,13).